The first-order chi connectivity index (χ1) is 17.0. The summed E-state index contributed by atoms with van der Waals surface area (Å²) in [5, 5.41) is 18.0. The van der Waals surface area contributed by atoms with Crippen LogP contribution in [0.1, 0.15) is 72.6 Å². The fraction of sp³-hybridized carbons (Fsp3) is 0.586. The Bertz CT molecular complexity index is 988. The van der Waals surface area contributed by atoms with E-state index in [1.165, 1.54) is 32.1 Å². The van der Waals surface area contributed by atoms with E-state index in [1.807, 2.05) is 39.0 Å². The van der Waals surface area contributed by atoms with Gasteiger partial charge in [-0.1, -0.05) is 71.1 Å². The predicted molar refractivity (Wildman–Crippen MR) is 143 cm³/mol. The normalized spacial score (nSPS) is 24.1. The number of methoxy groups -OCH3 is 1. The van der Waals surface area contributed by atoms with Gasteiger partial charge in [0.2, 0.25) is 0 Å². The van der Waals surface area contributed by atoms with Crippen LogP contribution in [0.3, 0.4) is 0 Å². The van der Waals surface area contributed by atoms with Gasteiger partial charge in [0.1, 0.15) is 5.76 Å². The van der Waals surface area contributed by atoms with Crippen molar-refractivity contribution in [3.63, 3.8) is 0 Å². The number of amides is 2. The summed E-state index contributed by atoms with van der Waals surface area (Å²) in [6, 6.07) is 6.62. The van der Waals surface area contributed by atoms with Crippen molar-refractivity contribution in [2.45, 2.75) is 90.3 Å². The third-order valence-electron chi connectivity index (χ3n) is 7.44. The number of carbonyl (C=O) groups is 2. The zero-order valence-electron chi connectivity index (χ0n) is 22.4. The van der Waals surface area contributed by atoms with Crippen LogP contribution in [0.4, 0.5) is 10.5 Å². The molecular formula is C29H43N3O4. The topological polar surface area (TPSA) is 114 Å². The van der Waals surface area contributed by atoms with Crippen LogP contribution in [-0.2, 0) is 9.53 Å². The van der Waals surface area contributed by atoms with Crippen molar-refractivity contribution in [2.24, 2.45) is 17.1 Å². The molecule has 0 aromatic heterocycles. The highest BCUT2D eigenvalue weighted by Gasteiger charge is 2.55. The molecule has 7 nitrogen and oxygen atoms in total. The molecule has 3 atom stereocenters. The van der Waals surface area contributed by atoms with E-state index in [9.17, 15) is 14.7 Å². The molecule has 0 heterocycles. The number of aliphatic hydroxyl groups is 1. The molecule has 0 aliphatic heterocycles. The number of rotatable bonds is 8. The molecule has 5 N–H and O–H groups in total. The van der Waals surface area contributed by atoms with Crippen molar-refractivity contribution in [3.8, 4) is 0 Å². The Morgan fingerprint density at radius 2 is 1.81 bits per heavy atom. The van der Waals surface area contributed by atoms with E-state index in [4.69, 9.17) is 10.5 Å². The second-order valence-electron chi connectivity index (χ2n) is 11.3. The number of para-hydroxylation sites is 1. The fourth-order valence-corrected chi connectivity index (χ4v) is 5.60. The van der Waals surface area contributed by atoms with Crippen molar-refractivity contribution in [1.82, 2.24) is 5.32 Å². The number of carbonyl (C=O) groups excluding carboxylic acids is 2. The summed E-state index contributed by atoms with van der Waals surface area (Å²) in [6.07, 6.45) is 9.36. The summed E-state index contributed by atoms with van der Waals surface area (Å²) in [4.78, 5) is 26.8. The van der Waals surface area contributed by atoms with Gasteiger partial charge in [-0.15, -0.1) is 0 Å². The van der Waals surface area contributed by atoms with Crippen molar-refractivity contribution >= 4 is 17.5 Å². The zero-order chi connectivity index (χ0) is 26.5. The Morgan fingerprint density at radius 1 is 1.17 bits per heavy atom. The Balaban J connectivity index is 2.05. The minimum Gasteiger partial charge on any atom is -0.497 e. The van der Waals surface area contributed by atoms with E-state index >= 15 is 0 Å². The van der Waals surface area contributed by atoms with Gasteiger partial charge >= 0.3 is 6.03 Å². The standard InChI is InChI=1S/C29H43N3O4/c1-19(30)26(33)29(35)24(28(2,3)4)18-23(36-5)22(17-16-20-12-8-6-9-13-20)25(29)32-27(34)31-21-14-10-7-11-15-21/h7,10-11,14-15,18-20,25,35H,6,8-9,12-13,16-17,30H2,1-5H3,(H2,31,32,34)/t19-,25?,29?/m0/s1. The molecule has 198 valence electrons. The second-order valence-corrected chi connectivity index (χ2v) is 11.3. The van der Waals surface area contributed by atoms with Gasteiger partial charge < -0.3 is 26.2 Å². The largest absolute Gasteiger partial charge is 0.497 e. The van der Waals surface area contributed by atoms with E-state index in [-0.39, 0.29) is 0 Å². The summed E-state index contributed by atoms with van der Waals surface area (Å²) in [7, 11) is 1.59. The minimum atomic E-state index is -2.01. The number of nitrogens with two attached hydrogens (primary N) is 1. The van der Waals surface area contributed by atoms with Crippen LogP contribution in [0.2, 0.25) is 0 Å². The predicted octanol–water partition coefficient (Wildman–Crippen LogP) is 5.07. The van der Waals surface area contributed by atoms with Gasteiger partial charge in [0.15, 0.2) is 11.4 Å². The lowest BCUT2D eigenvalue weighted by Crippen LogP contribution is -2.65. The number of benzene rings is 1. The van der Waals surface area contributed by atoms with E-state index in [0.717, 1.165) is 12.0 Å². The van der Waals surface area contributed by atoms with Crippen LogP contribution in [0.5, 0.6) is 0 Å². The lowest BCUT2D eigenvalue weighted by molar-refractivity contribution is -0.137. The molecule has 1 fully saturated rings. The lowest BCUT2D eigenvalue weighted by atomic mass is 9.64. The highest BCUT2D eigenvalue weighted by atomic mass is 16.5. The maximum atomic E-state index is 13.6. The molecule has 0 spiro atoms. The van der Waals surface area contributed by atoms with Gasteiger partial charge in [-0.05, 0) is 60.5 Å². The van der Waals surface area contributed by atoms with Crippen LogP contribution in [-0.4, -0.2) is 41.7 Å². The molecule has 2 aliphatic rings. The number of hydrogen-bond donors (Lipinski definition) is 4. The highest BCUT2D eigenvalue weighted by molar-refractivity contribution is 5.98. The molecule has 36 heavy (non-hydrogen) atoms. The number of Topliss-reactive ketones (excluding diaryl/α,β-unsaturated/α-hetero) is 1. The van der Waals surface area contributed by atoms with Gasteiger partial charge in [-0.25, -0.2) is 4.79 Å². The smallest absolute Gasteiger partial charge is 0.319 e. The molecule has 0 saturated heterocycles. The van der Waals surface area contributed by atoms with Gasteiger partial charge in [-0.2, -0.15) is 0 Å². The number of ketones is 1. The fourth-order valence-electron chi connectivity index (χ4n) is 5.60. The molecule has 2 amide bonds. The van der Waals surface area contributed by atoms with Gasteiger partial charge in [0.25, 0.3) is 0 Å². The van der Waals surface area contributed by atoms with E-state index < -0.39 is 34.9 Å². The maximum absolute atomic E-state index is 13.6. The Morgan fingerprint density at radius 3 is 2.36 bits per heavy atom. The van der Waals surface area contributed by atoms with E-state index in [2.05, 4.69) is 10.6 Å². The first-order valence-corrected chi connectivity index (χ1v) is 13.1. The maximum Gasteiger partial charge on any atom is 0.319 e. The van der Waals surface area contributed by atoms with Gasteiger partial charge in [0, 0.05) is 5.69 Å². The van der Waals surface area contributed by atoms with Crippen molar-refractivity contribution in [1.29, 1.82) is 0 Å². The molecule has 3 rings (SSSR count). The summed E-state index contributed by atoms with van der Waals surface area (Å²) >= 11 is 0. The number of nitrogens with one attached hydrogen (secondary N) is 2. The molecule has 0 bridgehead atoms. The van der Waals surface area contributed by atoms with Crippen LogP contribution in [0.25, 0.3) is 0 Å². The Hall–Kier alpha value is -2.64. The van der Waals surface area contributed by atoms with E-state index in [0.29, 0.717) is 29.4 Å². The molecular weight excluding hydrogens is 454 g/mol. The quantitative estimate of drug-likeness (QED) is 0.400. The molecule has 0 radical (unpaired) electrons. The van der Waals surface area contributed by atoms with Crippen molar-refractivity contribution in [3.05, 3.63) is 53.3 Å². The van der Waals surface area contributed by atoms with Crippen molar-refractivity contribution < 1.29 is 19.4 Å². The molecule has 2 unspecified atom stereocenters. The Kier molecular flexibility index (Phi) is 9.01. The molecule has 1 saturated carbocycles. The number of ether oxygens (including phenoxy) is 1. The van der Waals surface area contributed by atoms with Crippen LogP contribution in [0, 0.1) is 11.3 Å². The Labute approximate surface area is 215 Å². The number of urea groups is 1. The van der Waals surface area contributed by atoms with Gasteiger partial charge in [-0.3, -0.25) is 4.79 Å². The molecule has 1 aromatic rings. The zero-order valence-corrected chi connectivity index (χ0v) is 22.4. The monoisotopic (exact) mass is 497 g/mol. The summed E-state index contributed by atoms with van der Waals surface area (Å²) in [5.74, 6) is 0.635. The summed E-state index contributed by atoms with van der Waals surface area (Å²) in [5.41, 5.74) is 5.27. The third kappa shape index (κ3) is 6.19. The van der Waals surface area contributed by atoms with E-state index in [1.54, 1.807) is 32.2 Å². The molecule has 2 aliphatic carbocycles. The SMILES string of the molecule is COC1=C(CCC2CCCCC2)C(NC(=O)Nc2ccccc2)C(O)(C(=O)[C@H](C)N)C(C(C)(C)C)=C1. The lowest BCUT2D eigenvalue weighted by Gasteiger charge is -2.46. The first kappa shape index (κ1) is 27.9. The van der Waals surface area contributed by atoms with Crippen LogP contribution in [0.15, 0.2) is 53.3 Å². The summed E-state index contributed by atoms with van der Waals surface area (Å²) in [6.45, 7) is 7.36. The number of allylic oxidation sites excluding steroid dienone is 1. The second kappa shape index (κ2) is 11.6. The van der Waals surface area contributed by atoms with Crippen LogP contribution >= 0.6 is 0 Å². The van der Waals surface area contributed by atoms with Gasteiger partial charge in [0.05, 0.1) is 19.2 Å². The summed E-state index contributed by atoms with van der Waals surface area (Å²) < 4.78 is 5.81. The van der Waals surface area contributed by atoms with Crippen molar-refractivity contribution in [2.75, 3.05) is 12.4 Å². The highest BCUT2D eigenvalue weighted by Crippen LogP contribution is 2.45. The minimum absolute atomic E-state index is 0.473. The first-order valence-electron chi connectivity index (χ1n) is 13.1. The number of hydrogen-bond acceptors (Lipinski definition) is 5. The third-order valence-corrected chi connectivity index (χ3v) is 7.44. The average Bonchev–Trinajstić information content (AvgIpc) is 2.84. The average molecular weight is 498 g/mol. The molecule has 7 heteroatoms. The number of anilines is 1. The molecule has 1 aromatic carbocycles. The van der Waals surface area contributed by atoms with Crippen LogP contribution < -0.4 is 16.4 Å².